The Kier molecular flexibility index (Phi) is 7.46. The molecule has 0 saturated heterocycles. The van der Waals surface area contributed by atoms with Gasteiger partial charge in [-0.3, -0.25) is 4.79 Å². The lowest BCUT2D eigenvalue weighted by molar-refractivity contribution is -0.134. The molecule has 0 unspecified atom stereocenters. The Morgan fingerprint density at radius 2 is 1.72 bits per heavy atom. The van der Waals surface area contributed by atoms with Crippen LogP contribution < -0.4 is 0 Å². The summed E-state index contributed by atoms with van der Waals surface area (Å²) in [5, 5.41) is 0. The summed E-state index contributed by atoms with van der Waals surface area (Å²) in [6.45, 7) is 1.86. The smallest absolute Gasteiger partial charge is 0.338 e. The van der Waals surface area contributed by atoms with Gasteiger partial charge in [0.15, 0.2) is 6.61 Å². The predicted molar refractivity (Wildman–Crippen MR) is 105 cm³/mol. The highest BCUT2D eigenvalue weighted by atomic mass is 32.2. The fourth-order valence-electron chi connectivity index (χ4n) is 2.51. The number of halogens is 1. The van der Waals surface area contributed by atoms with E-state index in [1.54, 1.807) is 19.1 Å². The maximum atomic E-state index is 13.3. The molecule has 2 aromatic carbocycles. The van der Waals surface area contributed by atoms with E-state index in [1.165, 1.54) is 55.4 Å². The predicted octanol–water partition coefficient (Wildman–Crippen LogP) is 2.28. The molecular formula is C20H23FN2O5S. The van der Waals surface area contributed by atoms with E-state index < -0.39 is 34.3 Å². The Morgan fingerprint density at radius 1 is 1.07 bits per heavy atom. The molecule has 9 heteroatoms. The molecular weight excluding hydrogens is 399 g/mol. The highest BCUT2D eigenvalue weighted by Crippen LogP contribution is 2.15. The van der Waals surface area contributed by atoms with Crippen molar-refractivity contribution >= 4 is 21.9 Å². The van der Waals surface area contributed by atoms with Gasteiger partial charge in [-0.05, 0) is 48.9 Å². The first kappa shape index (κ1) is 22.5. The SMILES string of the molecule is CCN(Cc1cccc(F)c1)C(=O)COC(=O)c1ccc(S(=O)(=O)N(C)C)cc1. The van der Waals surface area contributed by atoms with Gasteiger partial charge >= 0.3 is 5.97 Å². The number of sulfonamides is 1. The zero-order valence-corrected chi connectivity index (χ0v) is 17.3. The summed E-state index contributed by atoms with van der Waals surface area (Å²) in [4.78, 5) is 26.0. The minimum atomic E-state index is -3.60. The number of amides is 1. The molecule has 0 heterocycles. The van der Waals surface area contributed by atoms with Crippen LogP contribution in [0.4, 0.5) is 4.39 Å². The van der Waals surface area contributed by atoms with Crippen LogP contribution in [-0.2, 0) is 26.1 Å². The molecule has 0 saturated carbocycles. The lowest BCUT2D eigenvalue weighted by Crippen LogP contribution is -2.34. The number of rotatable bonds is 8. The maximum Gasteiger partial charge on any atom is 0.338 e. The van der Waals surface area contributed by atoms with Crippen LogP contribution in [0.5, 0.6) is 0 Å². The summed E-state index contributed by atoms with van der Waals surface area (Å²) < 4.78 is 43.5. The second kappa shape index (κ2) is 9.62. The summed E-state index contributed by atoms with van der Waals surface area (Å²) in [5.41, 5.74) is 0.757. The van der Waals surface area contributed by atoms with Gasteiger partial charge in [0.2, 0.25) is 10.0 Å². The second-order valence-electron chi connectivity index (χ2n) is 6.43. The van der Waals surface area contributed by atoms with Gasteiger partial charge in [0.05, 0.1) is 10.5 Å². The maximum absolute atomic E-state index is 13.3. The van der Waals surface area contributed by atoms with Gasteiger partial charge in [-0.25, -0.2) is 21.9 Å². The lowest BCUT2D eigenvalue weighted by Gasteiger charge is -2.21. The van der Waals surface area contributed by atoms with Crippen LogP contribution in [0.3, 0.4) is 0 Å². The highest BCUT2D eigenvalue weighted by molar-refractivity contribution is 7.89. The molecule has 2 rings (SSSR count). The van der Waals surface area contributed by atoms with Crippen molar-refractivity contribution in [2.45, 2.75) is 18.4 Å². The van der Waals surface area contributed by atoms with Crippen LogP contribution in [-0.4, -0.2) is 56.7 Å². The average molecular weight is 422 g/mol. The fraction of sp³-hybridized carbons (Fsp3) is 0.300. The first-order valence-corrected chi connectivity index (χ1v) is 10.3. The largest absolute Gasteiger partial charge is 0.452 e. The van der Waals surface area contributed by atoms with Crippen molar-refractivity contribution in [1.29, 1.82) is 0 Å². The van der Waals surface area contributed by atoms with Crippen LogP contribution >= 0.6 is 0 Å². The van der Waals surface area contributed by atoms with Crippen molar-refractivity contribution < 1.29 is 27.1 Å². The van der Waals surface area contributed by atoms with E-state index in [1.807, 2.05) is 0 Å². The van der Waals surface area contributed by atoms with Crippen molar-refractivity contribution in [3.8, 4) is 0 Å². The molecule has 0 aromatic heterocycles. The van der Waals surface area contributed by atoms with Gasteiger partial charge in [-0.2, -0.15) is 0 Å². The van der Waals surface area contributed by atoms with Crippen molar-refractivity contribution in [3.05, 3.63) is 65.5 Å². The molecule has 0 aliphatic carbocycles. The normalized spacial score (nSPS) is 11.3. The van der Waals surface area contributed by atoms with Crippen molar-refractivity contribution in [2.75, 3.05) is 27.2 Å². The number of hydrogen-bond donors (Lipinski definition) is 0. The summed E-state index contributed by atoms with van der Waals surface area (Å²) in [6.07, 6.45) is 0. The minimum absolute atomic E-state index is 0.0439. The highest BCUT2D eigenvalue weighted by Gasteiger charge is 2.19. The van der Waals surface area contributed by atoms with Gasteiger partial charge in [-0.15, -0.1) is 0 Å². The molecule has 1 amide bonds. The average Bonchev–Trinajstić information content (AvgIpc) is 2.70. The fourth-order valence-corrected chi connectivity index (χ4v) is 3.41. The molecule has 0 fully saturated rings. The van der Waals surface area contributed by atoms with Crippen LogP contribution in [0, 0.1) is 5.82 Å². The number of hydrogen-bond acceptors (Lipinski definition) is 5. The third kappa shape index (κ3) is 5.85. The first-order chi connectivity index (χ1) is 13.6. The van der Waals surface area contributed by atoms with Crippen LogP contribution in [0.1, 0.15) is 22.8 Å². The van der Waals surface area contributed by atoms with Crippen molar-refractivity contribution in [1.82, 2.24) is 9.21 Å². The summed E-state index contributed by atoms with van der Waals surface area (Å²) in [5.74, 6) is -1.55. The first-order valence-electron chi connectivity index (χ1n) is 8.87. The van der Waals surface area contributed by atoms with Gasteiger partial charge in [0.25, 0.3) is 5.91 Å². The number of benzene rings is 2. The number of carbonyl (C=O) groups excluding carboxylic acids is 2. The molecule has 0 N–H and O–H groups in total. The van der Waals surface area contributed by atoms with Gasteiger partial charge in [-0.1, -0.05) is 12.1 Å². The number of esters is 1. The monoisotopic (exact) mass is 422 g/mol. The minimum Gasteiger partial charge on any atom is -0.452 e. The van der Waals surface area contributed by atoms with E-state index in [-0.39, 0.29) is 17.0 Å². The Labute approximate surface area is 169 Å². The van der Waals surface area contributed by atoms with E-state index in [0.29, 0.717) is 12.1 Å². The molecule has 29 heavy (non-hydrogen) atoms. The van der Waals surface area contributed by atoms with Crippen molar-refractivity contribution in [3.63, 3.8) is 0 Å². The van der Waals surface area contributed by atoms with Gasteiger partial charge in [0, 0.05) is 27.2 Å². The van der Waals surface area contributed by atoms with Crippen LogP contribution in [0.2, 0.25) is 0 Å². The quantitative estimate of drug-likeness (QED) is 0.610. The second-order valence-corrected chi connectivity index (χ2v) is 8.58. The Hall–Kier alpha value is -2.78. The van der Waals surface area contributed by atoms with Gasteiger partial charge in [0.1, 0.15) is 5.82 Å². The van der Waals surface area contributed by atoms with Crippen LogP contribution in [0.25, 0.3) is 0 Å². The molecule has 0 atom stereocenters. The zero-order chi connectivity index (χ0) is 21.6. The summed E-state index contributed by atoms with van der Waals surface area (Å²) in [6, 6.07) is 11.2. The third-order valence-corrected chi connectivity index (χ3v) is 6.02. The summed E-state index contributed by atoms with van der Waals surface area (Å²) >= 11 is 0. The molecule has 0 radical (unpaired) electrons. The molecule has 0 spiro atoms. The molecule has 0 bridgehead atoms. The molecule has 0 aliphatic rings. The topological polar surface area (TPSA) is 84.0 Å². The van der Waals surface area contributed by atoms with Crippen LogP contribution in [0.15, 0.2) is 53.4 Å². The number of likely N-dealkylation sites (N-methyl/N-ethyl adjacent to an activating group) is 1. The van der Waals surface area contributed by atoms with E-state index in [2.05, 4.69) is 0 Å². The molecule has 156 valence electrons. The van der Waals surface area contributed by atoms with E-state index in [0.717, 1.165) is 4.31 Å². The standard InChI is InChI=1S/C20H23FN2O5S/c1-4-23(13-15-6-5-7-17(21)12-15)19(24)14-28-20(25)16-8-10-18(11-9-16)29(26,27)22(2)3/h5-12H,4,13-14H2,1-3H3. The molecule has 7 nitrogen and oxygen atoms in total. The molecule has 0 aliphatic heterocycles. The number of carbonyl (C=O) groups is 2. The molecule has 2 aromatic rings. The Bertz CT molecular complexity index is 975. The Balaban J connectivity index is 1.97. The number of ether oxygens (including phenoxy) is 1. The Morgan fingerprint density at radius 3 is 2.28 bits per heavy atom. The third-order valence-electron chi connectivity index (χ3n) is 4.19. The van der Waals surface area contributed by atoms with E-state index in [4.69, 9.17) is 4.74 Å². The van der Waals surface area contributed by atoms with E-state index in [9.17, 15) is 22.4 Å². The van der Waals surface area contributed by atoms with Gasteiger partial charge < -0.3 is 9.64 Å². The van der Waals surface area contributed by atoms with E-state index >= 15 is 0 Å². The number of nitrogens with zero attached hydrogens (tertiary/aromatic N) is 2. The zero-order valence-electron chi connectivity index (χ0n) is 16.5. The lowest BCUT2D eigenvalue weighted by atomic mass is 10.2. The van der Waals surface area contributed by atoms with Crippen molar-refractivity contribution in [2.24, 2.45) is 0 Å². The summed E-state index contributed by atoms with van der Waals surface area (Å²) in [7, 11) is -0.781.